The first-order valence-electron chi connectivity index (χ1n) is 10.7. The van der Waals surface area contributed by atoms with Crippen LogP contribution < -0.4 is 10.2 Å². The van der Waals surface area contributed by atoms with Gasteiger partial charge in [-0.15, -0.1) is 0 Å². The Morgan fingerprint density at radius 1 is 1.23 bits per heavy atom. The maximum absolute atomic E-state index is 13.0. The molecule has 1 N–H and O–H groups in total. The normalized spacial score (nSPS) is 19.7. The van der Waals surface area contributed by atoms with Crippen LogP contribution in [-0.4, -0.2) is 87.1 Å². The number of carbonyl (C=O) groups is 3. The van der Waals surface area contributed by atoms with Gasteiger partial charge in [-0.25, -0.2) is 0 Å². The number of carbonyl (C=O) groups excluding carboxylic acids is 3. The van der Waals surface area contributed by atoms with Gasteiger partial charge in [0.2, 0.25) is 17.7 Å². The van der Waals surface area contributed by atoms with E-state index in [1.54, 1.807) is 12.0 Å². The molecule has 0 spiro atoms. The Kier molecular flexibility index (Phi) is 8.45. The third kappa shape index (κ3) is 6.27. The molecule has 9 heteroatoms. The summed E-state index contributed by atoms with van der Waals surface area (Å²) in [6.07, 6.45) is 1.04. The van der Waals surface area contributed by atoms with Gasteiger partial charge >= 0.3 is 0 Å². The van der Waals surface area contributed by atoms with E-state index in [9.17, 15) is 14.4 Å². The zero-order chi connectivity index (χ0) is 22.4. The van der Waals surface area contributed by atoms with Crippen LogP contribution >= 0.6 is 15.9 Å². The molecule has 2 aliphatic rings. The molecule has 0 saturated carbocycles. The molecule has 1 atom stereocenters. The lowest BCUT2D eigenvalue weighted by Crippen LogP contribution is -2.52. The second kappa shape index (κ2) is 11.1. The van der Waals surface area contributed by atoms with Crippen molar-refractivity contribution in [3.8, 4) is 0 Å². The molecule has 1 unspecified atom stereocenters. The van der Waals surface area contributed by atoms with Crippen molar-refractivity contribution in [3.05, 3.63) is 28.2 Å². The van der Waals surface area contributed by atoms with Crippen molar-refractivity contribution in [1.82, 2.24) is 15.1 Å². The summed E-state index contributed by atoms with van der Waals surface area (Å²) >= 11 is 3.48. The summed E-state index contributed by atoms with van der Waals surface area (Å²) in [6, 6.07) is 5.80. The van der Waals surface area contributed by atoms with Gasteiger partial charge in [0, 0.05) is 69.6 Å². The highest BCUT2D eigenvalue weighted by atomic mass is 79.9. The fourth-order valence-corrected chi connectivity index (χ4v) is 4.25. The number of benzene rings is 1. The number of nitrogens with one attached hydrogen (secondary N) is 1. The number of nitrogens with zero attached hydrogens (tertiary/aromatic N) is 3. The Morgan fingerprint density at radius 2 is 1.97 bits per heavy atom. The van der Waals surface area contributed by atoms with Crippen molar-refractivity contribution in [3.63, 3.8) is 0 Å². The molecule has 3 rings (SSSR count). The first-order valence-corrected chi connectivity index (χ1v) is 11.5. The zero-order valence-corrected chi connectivity index (χ0v) is 19.8. The molecule has 2 fully saturated rings. The minimum atomic E-state index is -0.313. The predicted octanol–water partition coefficient (Wildman–Crippen LogP) is 1.41. The van der Waals surface area contributed by atoms with E-state index in [1.807, 2.05) is 30.0 Å². The Bertz CT molecular complexity index is 811. The lowest BCUT2D eigenvalue weighted by atomic mass is 10.1. The summed E-state index contributed by atoms with van der Waals surface area (Å²) in [5.74, 6) is -0.290. The maximum Gasteiger partial charge on any atom is 0.234 e. The smallest absolute Gasteiger partial charge is 0.234 e. The Morgan fingerprint density at radius 3 is 2.65 bits per heavy atom. The topological polar surface area (TPSA) is 82.2 Å². The van der Waals surface area contributed by atoms with Gasteiger partial charge < -0.3 is 19.9 Å². The average Bonchev–Trinajstić information content (AvgIpc) is 3.15. The van der Waals surface area contributed by atoms with Crippen LogP contribution in [0.25, 0.3) is 0 Å². The fourth-order valence-electron chi connectivity index (χ4n) is 4.01. The molecular weight excluding hydrogens is 464 g/mol. The number of hydrogen-bond donors (Lipinski definition) is 1. The maximum atomic E-state index is 13.0. The van der Waals surface area contributed by atoms with E-state index in [0.29, 0.717) is 52.4 Å². The van der Waals surface area contributed by atoms with Gasteiger partial charge in [0.15, 0.2) is 0 Å². The second-order valence-corrected chi connectivity index (χ2v) is 8.99. The summed E-state index contributed by atoms with van der Waals surface area (Å²) in [4.78, 5) is 43.2. The highest BCUT2D eigenvalue weighted by Crippen LogP contribution is 2.29. The summed E-state index contributed by atoms with van der Waals surface area (Å²) in [6.45, 7) is 6.46. The van der Waals surface area contributed by atoms with Gasteiger partial charge in [0.1, 0.15) is 0 Å². The number of halogens is 1. The molecule has 3 amide bonds. The Labute approximate surface area is 192 Å². The quantitative estimate of drug-likeness (QED) is 0.552. The molecule has 0 bridgehead atoms. The first-order chi connectivity index (χ1) is 14.9. The summed E-state index contributed by atoms with van der Waals surface area (Å²) in [7, 11) is 1.64. The van der Waals surface area contributed by atoms with E-state index < -0.39 is 0 Å². The predicted molar refractivity (Wildman–Crippen MR) is 122 cm³/mol. The fraction of sp³-hybridized carbons (Fsp3) is 0.591. The van der Waals surface area contributed by atoms with E-state index in [1.165, 1.54) is 0 Å². The van der Waals surface area contributed by atoms with Crippen molar-refractivity contribution < 1.29 is 19.1 Å². The number of anilines is 1. The molecule has 0 aliphatic carbocycles. The molecule has 2 saturated heterocycles. The molecule has 0 aromatic heterocycles. The average molecular weight is 495 g/mol. The minimum Gasteiger partial charge on any atom is -0.385 e. The van der Waals surface area contributed by atoms with Gasteiger partial charge in [-0.05, 0) is 37.1 Å². The molecule has 2 aliphatic heterocycles. The molecule has 1 aromatic carbocycles. The van der Waals surface area contributed by atoms with Crippen LogP contribution in [0.15, 0.2) is 22.7 Å². The van der Waals surface area contributed by atoms with Gasteiger partial charge in [-0.3, -0.25) is 19.3 Å². The monoisotopic (exact) mass is 494 g/mol. The number of methoxy groups -OCH3 is 1. The molecular formula is C22H31BrN4O4. The third-order valence-corrected chi connectivity index (χ3v) is 6.72. The van der Waals surface area contributed by atoms with Crippen molar-refractivity contribution >= 4 is 39.3 Å². The van der Waals surface area contributed by atoms with Crippen molar-refractivity contribution in [1.29, 1.82) is 0 Å². The summed E-state index contributed by atoms with van der Waals surface area (Å²) in [5, 5.41) is 2.89. The molecule has 1 aromatic rings. The SMILES string of the molecule is COCCCNC(=O)CN1CCN(C(=O)C2CC(=O)N(c3ccc(Br)c(C)c3)C2)CC1. The van der Waals surface area contributed by atoms with Crippen LogP contribution in [0, 0.1) is 12.8 Å². The number of hydrogen-bond acceptors (Lipinski definition) is 5. The Hall–Kier alpha value is -1.97. The van der Waals surface area contributed by atoms with Gasteiger partial charge in [-0.2, -0.15) is 0 Å². The van der Waals surface area contributed by atoms with E-state index >= 15 is 0 Å². The molecule has 2 heterocycles. The van der Waals surface area contributed by atoms with Crippen LogP contribution in [0.1, 0.15) is 18.4 Å². The van der Waals surface area contributed by atoms with E-state index in [4.69, 9.17) is 4.74 Å². The first kappa shape index (κ1) is 23.7. The highest BCUT2D eigenvalue weighted by Gasteiger charge is 2.38. The zero-order valence-electron chi connectivity index (χ0n) is 18.2. The van der Waals surface area contributed by atoms with Crippen molar-refractivity contribution in [2.45, 2.75) is 19.8 Å². The molecule has 170 valence electrons. The van der Waals surface area contributed by atoms with Crippen LogP contribution in [0.2, 0.25) is 0 Å². The minimum absolute atomic E-state index is 0.00213. The molecule has 0 radical (unpaired) electrons. The van der Waals surface area contributed by atoms with E-state index in [2.05, 4.69) is 26.1 Å². The van der Waals surface area contributed by atoms with Crippen LogP contribution in [-0.2, 0) is 19.1 Å². The lowest BCUT2D eigenvalue weighted by Gasteiger charge is -2.35. The summed E-state index contributed by atoms with van der Waals surface area (Å²) < 4.78 is 5.97. The lowest BCUT2D eigenvalue weighted by molar-refractivity contribution is -0.137. The van der Waals surface area contributed by atoms with Crippen molar-refractivity contribution in [2.24, 2.45) is 5.92 Å². The highest BCUT2D eigenvalue weighted by molar-refractivity contribution is 9.10. The number of ether oxygens (including phenoxy) is 1. The van der Waals surface area contributed by atoms with Gasteiger partial charge in [0.05, 0.1) is 12.5 Å². The second-order valence-electron chi connectivity index (χ2n) is 8.14. The third-order valence-electron chi connectivity index (χ3n) is 5.83. The van der Waals surface area contributed by atoms with Crippen molar-refractivity contribution in [2.75, 3.05) is 64.4 Å². The number of rotatable bonds is 8. The van der Waals surface area contributed by atoms with Crippen LogP contribution in [0.5, 0.6) is 0 Å². The summed E-state index contributed by atoms with van der Waals surface area (Å²) in [5.41, 5.74) is 1.89. The van der Waals surface area contributed by atoms with E-state index in [0.717, 1.165) is 22.1 Å². The van der Waals surface area contributed by atoms with E-state index in [-0.39, 0.29) is 30.1 Å². The molecule has 31 heavy (non-hydrogen) atoms. The number of piperazine rings is 1. The number of aryl methyl sites for hydroxylation is 1. The van der Waals surface area contributed by atoms with Crippen LogP contribution in [0.4, 0.5) is 5.69 Å². The Balaban J connectivity index is 1.46. The van der Waals surface area contributed by atoms with Gasteiger partial charge in [-0.1, -0.05) is 15.9 Å². The van der Waals surface area contributed by atoms with Crippen LogP contribution in [0.3, 0.4) is 0 Å². The molecule has 8 nitrogen and oxygen atoms in total. The standard InChI is InChI=1S/C22H31BrN4O4/c1-16-12-18(4-5-19(16)23)27-14-17(13-21(27)29)22(30)26-9-7-25(8-10-26)15-20(28)24-6-3-11-31-2/h4-5,12,17H,3,6-11,13-15H2,1-2H3,(H,24,28). The largest absolute Gasteiger partial charge is 0.385 e. The number of amides is 3. The van der Waals surface area contributed by atoms with Gasteiger partial charge in [0.25, 0.3) is 0 Å².